The minimum atomic E-state index is -1.58. The van der Waals surface area contributed by atoms with Gasteiger partial charge in [-0.25, -0.2) is 4.79 Å². The van der Waals surface area contributed by atoms with E-state index in [9.17, 15) is 24.6 Å². The number of esters is 2. The van der Waals surface area contributed by atoms with E-state index in [0.29, 0.717) is 25.9 Å². The smallest absolute Gasteiger partial charge is 0.458 e. The Morgan fingerprint density at radius 1 is 0.937 bits per heavy atom. The van der Waals surface area contributed by atoms with E-state index < -0.39 is 96.1 Å². The molecule has 0 aromatic heterocycles. The lowest BCUT2D eigenvalue weighted by Gasteiger charge is -2.49. The van der Waals surface area contributed by atoms with Crippen LogP contribution in [0.4, 0.5) is 4.79 Å². The van der Waals surface area contributed by atoms with Gasteiger partial charge in [0.2, 0.25) is 0 Å². The maximum Gasteiger partial charge on any atom is 0.509 e. The summed E-state index contributed by atoms with van der Waals surface area (Å²) in [5, 5.41) is 24.5. The van der Waals surface area contributed by atoms with Crippen molar-refractivity contribution in [2.75, 3.05) is 54.4 Å². The van der Waals surface area contributed by atoms with Crippen LogP contribution >= 0.6 is 0 Å². The van der Waals surface area contributed by atoms with Gasteiger partial charge in [0.1, 0.15) is 17.8 Å². The van der Waals surface area contributed by atoms with E-state index in [2.05, 4.69) is 9.80 Å². The lowest BCUT2D eigenvalue weighted by Crippen LogP contribution is -2.61. The number of aliphatic hydroxyl groups excluding tert-OH is 1. The number of rotatable bonds is 13. The number of hydrogen-bond donors (Lipinski definition) is 2. The summed E-state index contributed by atoms with van der Waals surface area (Å²) in [5.74, 6) is -2.95. The van der Waals surface area contributed by atoms with Crippen LogP contribution in [0.15, 0.2) is 0 Å². The van der Waals surface area contributed by atoms with E-state index in [0.717, 1.165) is 13.1 Å². The third kappa shape index (κ3) is 12.4. The first kappa shape index (κ1) is 53.4. The molecule has 366 valence electrons. The molecular formula is C46H83N3O14. The highest BCUT2D eigenvalue weighted by molar-refractivity contribution is 5.73. The molecule has 2 N–H and O–H groups in total. The van der Waals surface area contributed by atoms with Crippen molar-refractivity contribution in [2.45, 2.75) is 205 Å². The predicted molar refractivity (Wildman–Crippen MR) is 234 cm³/mol. The van der Waals surface area contributed by atoms with Crippen molar-refractivity contribution in [2.24, 2.45) is 17.8 Å². The normalized spacial score (nSPS) is 43.7. The number of cyclic esters (lactones) is 1. The van der Waals surface area contributed by atoms with Crippen LogP contribution in [0.5, 0.6) is 0 Å². The number of carbonyl (C=O) groups excluding carboxylic acids is 3. The second-order valence-electron chi connectivity index (χ2n) is 19.8. The van der Waals surface area contributed by atoms with Gasteiger partial charge in [0, 0.05) is 44.6 Å². The molecule has 0 bridgehead atoms. The number of carbonyl (C=O) groups is 3. The number of methoxy groups -OCH3 is 1. The monoisotopic (exact) mass is 902 g/mol. The zero-order valence-electron chi connectivity index (χ0n) is 41.2. The number of ether oxygens (including phenoxy) is 9. The number of nitrogens with zero attached hydrogens (tertiary/aromatic N) is 3. The lowest BCUT2D eigenvalue weighted by molar-refractivity contribution is -0.318. The Hall–Kier alpha value is -2.19. The van der Waals surface area contributed by atoms with Crippen molar-refractivity contribution < 1.29 is 67.2 Å². The Kier molecular flexibility index (Phi) is 18.7. The van der Waals surface area contributed by atoms with Crippen LogP contribution in [0.25, 0.3) is 0 Å². The molecule has 0 amide bonds. The second kappa shape index (κ2) is 22.1. The van der Waals surface area contributed by atoms with Crippen LogP contribution in [0.1, 0.15) is 115 Å². The summed E-state index contributed by atoms with van der Waals surface area (Å²) in [5.41, 5.74) is -3.97. The third-order valence-electron chi connectivity index (χ3n) is 14.4. The highest BCUT2D eigenvalue weighted by Gasteiger charge is 2.58. The van der Waals surface area contributed by atoms with Gasteiger partial charge in [0.15, 0.2) is 30.4 Å². The summed E-state index contributed by atoms with van der Waals surface area (Å²) >= 11 is 0. The fraction of sp³-hybridized carbons (Fsp3) is 0.935. The molecule has 17 heteroatoms. The molecule has 0 aromatic carbocycles. The first-order valence-corrected chi connectivity index (χ1v) is 23.3. The summed E-state index contributed by atoms with van der Waals surface area (Å²) in [6, 6.07) is -0.657. The standard InChI is InChI=1S/C46H83N3O14/c1-17-33-46(12)39(62-43(53)63-46)30(8)48(15)25-26(4)23-44(10,54)38(61-42-36(51)32(47(13)14)22-27(5)56-42)28(6)37(29(7)41(52)58-33)60-35-24-45(11,55-16)40(31(9)57-35)59-34(50)20-21-49(18-2)19-3/h26-33,35-40,42,51,54H,17-25H2,1-16H3/t26-,27-,28+,29-,30-,31+,32?,33-,35+,36-,37+,38+,39-,40+,42+,44-,45-,46-/m1/s1. The van der Waals surface area contributed by atoms with Gasteiger partial charge in [0.25, 0.3) is 0 Å². The molecule has 4 aliphatic heterocycles. The molecule has 1 unspecified atom stereocenters. The first-order valence-electron chi connectivity index (χ1n) is 23.3. The summed E-state index contributed by atoms with van der Waals surface area (Å²) in [7, 11) is 7.25. The molecule has 0 spiro atoms. The average Bonchev–Trinajstić information content (AvgIpc) is 3.52. The molecule has 63 heavy (non-hydrogen) atoms. The highest BCUT2D eigenvalue weighted by Crippen LogP contribution is 2.42. The Morgan fingerprint density at radius 2 is 1.59 bits per heavy atom. The highest BCUT2D eigenvalue weighted by atomic mass is 16.8. The van der Waals surface area contributed by atoms with Gasteiger partial charge in [-0.05, 0) is 108 Å². The zero-order chi connectivity index (χ0) is 47.4. The zero-order valence-corrected chi connectivity index (χ0v) is 41.2. The predicted octanol–water partition coefficient (Wildman–Crippen LogP) is 4.37. The van der Waals surface area contributed by atoms with Gasteiger partial charge in [-0.1, -0.05) is 34.6 Å². The summed E-state index contributed by atoms with van der Waals surface area (Å²) < 4.78 is 56.7. The quantitative estimate of drug-likeness (QED) is 0.196. The van der Waals surface area contributed by atoms with Crippen molar-refractivity contribution in [1.29, 1.82) is 0 Å². The average molecular weight is 902 g/mol. The largest absolute Gasteiger partial charge is 0.509 e. The van der Waals surface area contributed by atoms with Gasteiger partial charge in [-0.15, -0.1) is 0 Å². The van der Waals surface area contributed by atoms with Crippen LogP contribution in [0.3, 0.4) is 0 Å². The first-order chi connectivity index (χ1) is 29.4. The Bertz CT molecular complexity index is 1500. The molecule has 4 aliphatic rings. The molecule has 4 saturated heterocycles. The van der Waals surface area contributed by atoms with Crippen molar-refractivity contribution >= 4 is 18.1 Å². The summed E-state index contributed by atoms with van der Waals surface area (Å²) in [6.45, 7) is 25.1. The van der Waals surface area contributed by atoms with E-state index in [-0.39, 0.29) is 49.3 Å². The number of fused-ring (bicyclic) bond motifs is 1. The van der Waals surface area contributed by atoms with E-state index in [1.165, 1.54) is 0 Å². The number of aliphatic hydroxyl groups is 2. The molecule has 4 fully saturated rings. The SMILES string of the molecule is CC[C@H]1OC(=O)[C@H](C)[C@@H](O[C@H]2C[C@@](C)(OC)[C@@H](OC(=O)CCN(CC)CC)[C@H](C)O2)[C@H](C)[C@H](O[C@@H]2O[C@H](C)CC(N(C)C)[C@H]2O)[C@](C)(O)C[C@@H](C)CN(C)[C@H](C)[C@H]2OC(=O)O[C@@]21C. The molecule has 0 saturated carbocycles. The van der Waals surface area contributed by atoms with Crippen molar-refractivity contribution in [3.05, 3.63) is 0 Å². The molecule has 0 radical (unpaired) electrons. The van der Waals surface area contributed by atoms with E-state index in [4.69, 9.17) is 42.6 Å². The molecular weight excluding hydrogens is 819 g/mol. The van der Waals surface area contributed by atoms with E-state index >= 15 is 0 Å². The molecule has 4 rings (SSSR count). The number of hydrogen-bond acceptors (Lipinski definition) is 17. The van der Waals surface area contributed by atoms with Gasteiger partial charge in [0.05, 0.1) is 42.4 Å². The fourth-order valence-corrected chi connectivity index (χ4v) is 10.5. The third-order valence-corrected chi connectivity index (χ3v) is 14.4. The maximum atomic E-state index is 14.7. The second-order valence-corrected chi connectivity index (χ2v) is 19.8. The summed E-state index contributed by atoms with van der Waals surface area (Å²) in [4.78, 5) is 46.9. The minimum absolute atomic E-state index is 0.118. The minimum Gasteiger partial charge on any atom is -0.458 e. The van der Waals surface area contributed by atoms with Gasteiger partial charge >= 0.3 is 18.1 Å². The van der Waals surface area contributed by atoms with Crippen molar-refractivity contribution in [3.63, 3.8) is 0 Å². The van der Waals surface area contributed by atoms with Gasteiger partial charge in [-0.3, -0.25) is 14.5 Å². The van der Waals surface area contributed by atoms with Crippen LogP contribution in [-0.4, -0.2) is 188 Å². The number of likely N-dealkylation sites (N-methyl/N-ethyl adjacent to an activating group) is 2. The molecule has 4 heterocycles. The van der Waals surface area contributed by atoms with E-state index in [1.54, 1.807) is 34.8 Å². The molecule has 0 aliphatic carbocycles. The van der Waals surface area contributed by atoms with Gasteiger partial charge < -0.3 is 62.6 Å². The lowest BCUT2D eigenvalue weighted by atomic mass is 9.77. The Morgan fingerprint density at radius 3 is 2.17 bits per heavy atom. The van der Waals surface area contributed by atoms with Crippen molar-refractivity contribution in [3.8, 4) is 0 Å². The van der Waals surface area contributed by atoms with Gasteiger partial charge in [-0.2, -0.15) is 0 Å². The maximum absolute atomic E-state index is 14.7. The Balaban J connectivity index is 1.78. The molecule has 0 aromatic rings. The van der Waals surface area contributed by atoms with Crippen LogP contribution in [-0.2, 0) is 52.2 Å². The molecule has 17 nitrogen and oxygen atoms in total. The fourth-order valence-electron chi connectivity index (χ4n) is 10.5. The Labute approximate surface area is 377 Å². The van der Waals surface area contributed by atoms with Crippen LogP contribution < -0.4 is 0 Å². The molecule has 18 atom stereocenters. The topological polar surface area (TPSA) is 184 Å². The van der Waals surface area contributed by atoms with Crippen LogP contribution in [0, 0.1) is 17.8 Å². The van der Waals surface area contributed by atoms with E-state index in [1.807, 2.05) is 81.4 Å². The summed E-state index contributed by atoms with van der Waals surface area (Å²) in [6.07, 6.45) is -8.12. The van der Waals surface area contributed by atoms with Crippen molar-refractivity contribution in [1.82, 2.24) is 14.7 Å². The van der Waals surface area contributed by atoms with Crippen LogP contribution in [0.2, 0.25) is 0 Å².